The molecule has 1 aromatic carbocycles. The molecule has 106 valence electrons. The van der Waals surface area contributed by atoms with E-state index in [1.54, 1.807) is 0 Å². The number of piperidine rings is 1. The predicted molar refractivity (Wildman–Crippen MR) is 81.1 cm³/mol. The molecule has 0 spiro atoms. The van der Waals surface area contributed by atoms with Crippen molar-refractivity contribution in [2.75, 3.05) is 20.1 Å². The minimum Gasteiger partial charge on any atom is -0.337 e. The van der Waals surface area contributed by atoms with Crippen LogP contribution < -0.4 is 5.32 Å². The summed E-state index contributed by atoms with van der Waals surface area (Å²) >= 11 is 0. The number of nitrogens with zero attached hydrogens (tertiary/aromatic N) is 1. The van der Waals surface area contributed by atoms with Crippen molar-refractivity contribution in [2.24, 2.45) is 0 Å². The fourth-order valence-electron chi connectivity index (χ4n) is 2.45. The largest absolute Gasteiger partial charge is 0.337 e. The van der Waals surface area contributed by atoms with Crippen LogP contribution in [0.4, 0.5) is 0 Å². The monoisotopic (exact) mass is 282 g/mol. The van der Waals surface area contributed by atoms with Gasteiger partial charge in [0.25, 0.3) is 5.91 Å². The van der Waals surface area contributed by atoms with Crippen molar-refractivity contribution in [3.8, 4) is 0 Å². The van der Waals surface area contributed by atoms with Gasteiger partial charge in [0.2, 0.25) is 0 Å². The van der Waals surface area contributed by atoms with Gasteiger partial charge in [0.05, 0.1) is 0 Å². The van der Waals surface area contributed by atoms with E-state index in [4.69, 9.17) is 0 Å². The van der Waals surface area contributed by atoms with Crippen LogP contribution in [0, 0.1) is 13.8 Å². The second-order valence-electron chi connectivity index (χ2n) is 5.18. The van der Waals surface area contributed by atoms with Gasteiger partial charge in [-0.3, -0.25) is 4.79 Å². The summed E-state index contributed by atoms with van der Waals surface area (Å²) in [4.78, 5) is 14.4. The molecule has 1 unspecified atom stereocenters. The van der Waals surface area contributed by atoms with Gasteiger partial charge in [0.1, 0.15) is 0 Å². The van der Waals surface area contributed by atoms with Crippen molar-refractivity contribution in [1.29, 1.82) is 0 Å². The molecule has 1 aromatic rings. The normalized spacial score (nSPS) is 18.9. The van der Waals surface area contributed by atoms with Crippen LogP contribution in [0.25, 0.3) is 0 Å². The Balaban J connectivity index is 0.00000180. The Morgan fingerprint density at radius 2 is 2.05 bits per heavy atom. The minimum atomic E-state index is 0. The van der Waals surface area contributed by atoms with Crippen LogP contribution in [0.3, 0.4) is 0 Å². The van der Waals surface area contributed by atoms with Gasteiger partial charge in [-0.2, -0.15) is 0 Å². The molecule has 0 radical (unpaired) electrons. The van der Waals surface area contributed by atoms with Gasteiger partial charge in [-0.05, 0) is 57.0 Å². The highest BCUT2D eigenvalue weighted by atomic mass is 35.5. The van der Waals surface area contributed by atoms with Crippen molar-refractivity contribution >= 4 is 18.3 Å². The van der Waals surface area contributed by atoms with E-state index in [9.17, 15) is 4.79 Å². The maximum Gasteiger partial charge on any atom is 0.253 e. The fourth-order valence-corrected chi connectivity index (χ4v) is 2.45. The molecular weight excluding hydrogens is 260 g/mol. The van der Waals surface area contributed by atoms with E-state index in [2.05, 4.69) is 19.2 Å². The van der Waals surface area contributed by atoms with E-state index in [1.165, 1.54) is 11.1 Å². The number of carbonyl (C=O) groups is 1. The number of carbonyl (C=O) groups excluding carboxylic acids is 1. The van der Waals surface area contributed by atoms with E-state index in [0.717, 1.165) is 31.5 Å². The van der Waals surface area contributed by atoms with Crippen LogP contribution in [-0.2, 0) is 0 Å². The number of benzene rings is 1. The lowest BCUT2D eigenvalue weighted by Crippen LogP contribution is -2.46. The summed E-state index contributed by atoms with van der Waals surface area (Å²) in [5.74, 6) is 0.165. The molecule has 0 aliphatic carbocycles. The molecule has 1 fully saturated rings. The van der Waals surface area contributed by atoms with Crippen molar-refractivity contribution in [1.82, 2.24) is 10.2 Å². The highest BCUT2D eigenvalue weighted by Gasteiger charge is 2.23. The van der Waals surface area contributed by atoms with Crippen molar-refractivity contribution in [2.45, 2.75) is 32.7 Å². The summed E-state index contributed by atoms with van der Waals surface area (Å²) in [6.45, 7) is 5.83. The fraction of sp³-hybridized carbons (Fsp3) is 0.533. The molecule has 1 aliphatic rings. The minimum absolute atomic E-state index is 0. The molecule has 1 N–H and O–H groups in total. The SMILES string of the molecule is CNC1CCCN(C(=O)c2ccc(C)c(C)c2)C1.Cl. The topological polar surface area (TPSA) is 32.3 Å². The zero-order valence-corrected chi connectivity index (χ0v) is 12.7. The standard InChI is InChI=1S/C15H22N2O.ClH/c1-11-6-7-13(9-12(11)2)15(18)17-8-4-5-14(10-17)16-3;/h6-7,9,14,16H,4-5,8,10H2,1-3H3;1H. The predicted octanol–water partition coefficient (Wildman–Crippen LogP) is 2.55. The Labute approximate surface area is 121 Å². The Morgan fingerprint density at radius 3 is 2.68 bits per heavy atom. The van der Waals surface area contributed by atoms with E-state index >= 15 is 0 Å². The summed E-state index contributed by atoms with van der Waals surface area (Å²) in [6, 6.07) is 6.41. The van der Waals surface area contributed by atoms with Gasteiger partial charge in [-0.25, -0.2) is 0 Å². The number of aryl methyl sites for hydroxylation is 2. The number of halogens is 1. The maximum absolute atomic E-state index is 12.4. The van der Waals surface area contributed by atoms with E-state index in [1.807, 2.05) is 30.1 Å². The van der Waals surface area contributed by atoms with Crippen LogP contribution in [0.15, 0.2) is 18.2 Å². The Hall–Kier alpha value is -1.06. The number of hydrogen-bond donors (Lipinski definition) is 1. The van der Waals surface area contributed by atoms with Crippen molar-refractivity contribution < 1.29 is 4.79 Å². The first-order valence-electron chi connectivity index (χ1n) is 6.65. The lowest BCUT2D eigenvalue weighted by molar-refractivity contribution is 0.0698. The van der Waals surface area contributed by atoms with Gasteiger partial charge < -0.3 is 10.2 Å². The number of rotatable bonds is 2. The smallest absolute Gasteiger partial charge is 0.253 e. The summed E-state index contributed by atoms with van der Waals surface area (Å²) in [5, 5.41) is 3.27. The van der Waals surface area contributed by atoms with Gasteiger partial charge >= 0.3 is 0 Å². The third kappa shape index (κ3) is 3.71. The van der Waals surface area contributed by atoms with Gasteiger partial charge in [-0.1, -0.05) is 6.07 Å². The van der Waals surface area contributed by atoms with Crippen LogP contribution in [-0.4, -0.2) is 37.0 Å². The summed E-state index contributed by atoms with van der Waals surface area (Å²) < 4.78 is 0. The summed E-state index contributed by atoms with van der Waals surface area (Å²) in [7, 11) is 1.97. The maximum atomic E-state index is 12.4. The lowest BCUT2D eigenvalue weighted by Gasteiger charge is -2.32. The van der Waals surface area contributed by atoms with Crippen LogP contribution in [0.1, 0.15) is 34.3 Å². The average molecular weight is 283 g/mol. The molecule has 1 saturated heterocycles. The van der Waals surface area contributed by atoms with Crippen LogP contribution >= 0.6 is 12.4 Å². The van der Waals surface area contributed by atoms with Gasteiger partial charge in [0.15, 0.2) is 0 Å². The van der Waals surface area contributed by atoms with E-state index in [0.29, 0.717) is 6.04 Å². The Kier molecular flexibility index (Phi) is 5.83. The highest BCUT2D eigenvalue weighted by molar-refractivity contribution is 5.94. The zero-order valence-electron chi connectivity index (χ0n) is 11.9. The average Bonchev–Trinajstić information content (AvgIpc) is 2.41. The number of hydrogen-bond acceptors (Lipinski definition) is 2. The van der Waals surface area contributed by atoms with Crippen LogP contribution in [0.2, 0.25) is 0 Å². The molecule has 19 heavy (non-hydrogen) atoms. The molecule has 0 bridgehead atoms. The molecular formula is C15H23ClN2O. The number of likely N-dealkylation sites (N-methyl/N-ethyl adjacent to an activating group) is 1. The molecule has 1 atom stereocenters. The first kappa shape index (κ1) is 16.0. The van der Waals surface area contributed by atoms with Crippen molar-refractivity contribution in [3.63, 3.8) is 0 Å². The molecule has 3 nitrogen and oxygen atoms in total. The summed E-state index contributed by atoms with van der Waals surface area (Å²) in [6.07, 6.45) is 2.25. The molecule has 1 amide bonds. The van der Waals surface area contributed by atoms with Crippen LogP contribution in [0.5, 0.6) is 0 Å². The molecule has 1 aliphatic heterocycles. The van der Waals surface area contributed by atoms with Gasteiger partial charge in [0, 0.05) is 24.7 Å². The second-order valence-corrected chi connectivity index (χ2v) is 5.18. The van der Waals surface area contributed by atoms with E-state index < -0.39 is 0 Å². The lowest BCUT2D eigenvalue weighted by atomic mass is 10.0. The first-order valence-corrected chi connectivity index (χ1v) is 6.65. The Morgan fingerprint density at radius 1 is 1.32 bits per heavy atom. The van der Waals surface area contributed by atoms with E-state index in [-0.39, 0.29) is 18.3 Å². The summed E-state index contributed by atoms with van der Waals surface area (Å²) in [5.41, 5.74) is 3.23. The molecule has 2 rings (SSSR count). The molecule has 1 heterocycles. The second kappa shape index (κ2) is 6.92. The third-order valence-electron chi connectivity index (χ3n) is 3.87. The molecule has 0 aromatic heterocycles. The molecule has 0 saturated carbocycles. The number of nitrogens with one attached hydrogen (secondary N) is 1. The molecule has 4 heteroatoms. The van der Waals surface area contributed by atoms with Crippen molar-refractivity contribution in [3.05, 3.63) is 34.9 Å². The van der Waals surface area contributed by atoms with Gasteiger partial charge in [-0.15, -0.1) is 12.4 Å². The highest BCUT2D eigenvalue weighted by Crippen LogP contribution is 2.16. The zero-order chi connectivity index (χ0) is 13.1. The first-order chi connectivity index (χ1) is 8.61. The quantitative estimate of drug-likeness (QED) is 0.904. The number of likely N-dealkylation sites (tertiary alicyclic amines) is 1. The third-order valence-corrected chi connectivity index (χ3v) is 3.87. The number of amides is 1. The Bertz CT molecular complexity index is 448.